The average Bonchev–Trinajstić information content (AvgIpc) is 2.36. The Morgan fingerprint density at radius 1 is 1.17 bits per heavy atom. The summed E-state index contributed by atoms with van der Waals surface area (Å²) in [5, 5.41) is 0. The smallest absolute Gasteiger partial charge is 0.308 e. The molecule has 0 spiro atoms. The zero-order valence-corrected chi connectivity index (χ0v) is 11.2. The molecule has 0 bridgehead atoms. The number of rotatable bonds is 8. The van der Waals surface area contributed by atoms with Crippen molar-refractivity contribution in [3.63, 3.8) is 0 Å². The minimum atomic E-state index is -0.185. The molecule has 0 unspecified atom stereocenters. The first kappa shape index (κ1) is 14.7. The lowest BCUT2D eigenvalue weighted by molar-refractivity contribution is -0.144. The summed E-state index contributed by atoms with van der Waals surface area (Å²) >= 11 is 0. The van der Waals surface area contributed by atoms with Crippen molar-refractivity contribution in [2.75, 3.05) is 19.8 Å². The Balaban J connectivity index is 2.03. The Morgan fingerprint density at radius 3 is 2.56 bits per heavy atom. The van der Waals surface area contributed by atoms with E-state index in [0.717, 1.165) is 6.42 Å². The van der Waals surface area contributed by atoms with Gasteiger partial charge in [-0.3, -0.25) is 4.79 Å². The zero-order chi connectivity index (χ0) is 13.2. The van der Waals surface area contributed by atoms with E-state index in [1.165, 1.54) is 5.56 Å². The number of hydrogen-bond donors (Lipinski definition) is 0. The zero-order valence-electron chi connectivity index (χ0n) is 11.2. The summed E-state index contributed by atoms with van der Waals surface area (Å²) in [6, 6.07) is 9.99. The molecule has 18 heavy (non-hydrogen) atoms. The quantitative estimate of drug-likeness (QED) is 0.525. The SMILES string of the molecule is CC(C)COCCC(=O)OCCc1ccccc1. The van der Waals surface area contributed by atoms with E-state index in [4.69, 9.17) is 9.47 Å². The van der Waals surface area contributed by atoms with Gasteiger partial charge in [0.2, 0.25) is 0 Å². The number of carbonyl (C=O) groups excluding carboxylic acids is 1. The number of benzene rings is 1. The molecule has 0 aromatic heterocycles. The Kier molecular flexibility index (Phi) is 7.11. The van der Waals surface area contributed by atoms with Crippen molar-refractivity contribution in [1.82, 2.24) is 0 Å². The predicted molar refractivity (Wildman–Crippen MR) is 71.4 cm³/mol. The Bertz CT molecular complexity index is 333. The molecule has 0 radical (unpaired) electrons. The first-order chi connectivity index (χ1) is 8.68. The summed E-state index contributed by atoms with van der Waals surface area (Å²) in [4.78, 5) is 11.4. The van der Waals surface area contributed by atoms with Gasteiger partial charge in [0.25, 0.3) is 0 Å². The van der Waals surface area contributed by atoms with E-state index in [2.05, 4.69) is 13.8 Å². The summed E-state index contributed by atoms with van der Waals surface area (Å²) in [5.74, 6) is 0.314. The lowest BCUT2D eigenvalue weighted by Gasteiger charge is -2.07. The van der Waals surface area contributed by atoms with Crippen molar-refractivity contribution >= 4 is 5.97 Å². The third-order valence-electron chi connectivity index (χ3n) is 2.40. The van der Waals surface area contributed by atoms with E-state index in [1.54, 1.807) is 0 Å². The Hall–Kier alpha value is -1.35. The number of carbonyl (C=O) groups is 1. The molecule has 0 saturated heterocycles. The maximum Gasteiger partial charge on any atom is 0.308 e. The van der Waals surface area contributed by atoms with Crippen molar-refractivity contribution in [2.45, 2.75) is 26.7 Å². The monoisotopic (exact) mass is 250 g/mol. The maximum atomic E-state index is 11.4. The molecule has 1 rings (SSSR count). The summed E-state index contributed by atoms with van der Waals surface area (Å²) < 4.78 is 10.5. The van der Waals surface area contributed by atoms with Gasteiger partial charge >= 0.3 is 5.97 Å². The van der Waals surface area contributed by atoms with Gasteiger partial charge in [-0.15, -0.1) is 0 Å². The van der Waals surface area contributed by atoms with Gasteiger partial charge in [0, 0.05) is 13.0 Å². The van der Waals surface area contributed by atoms with Gasteiger partial charge in [-0.2, -0.15) is 0 Å². The van der Waals surface area contributed by atoms with E-state index in [-0.39, 0.29) is 5.97 Å². The van der Waals surface area contributed by atoms with E-state index in [0.29, 0.717) is 32.2 Å². The van der Waals surface area contributed by atoms with Crippen molar-refractivity contribution in [1.29, 1.82) is 0 Å². The van der Waals surface area contributed by atoms with Crippen LogP contribution in [0, 0.1) is 5.92 Å². The van der Waals surface area contributed by atoms with E-state index >= 15 is 0 Å². The van der Waals surface area contributed by atoms with Crippen molar-refractivity contribution in [2.24, 2.45) is 5.92 Å². The highest BCUT2D eigenvalue weighted by Crippen LogP contribution is 2.00. The van der Waals surface area contributed by atoms with Gasteiger partial charge in [-0.25, -0.2) is 0 Å². The van der Waals surface area contributed by atoms with Crippen LogP contribution >= 0.6 is 0 Å². The number of hydrogen-bond acceptors (Lipinski definition) is 3. The summed E-state index contributed by atoms with van der Waals surface area (Å²) in [6.45, 7) is 5.74. The van der Waals surface area contributed by atoms with Crippen LogP contribution in [-0.4, -0.2) is 25.8 Å². The first-order valence-electron chi connectivity index (χ1n) is 6.46. The summed E-state index contributed by atoms with van der Waals surface area (Å²) in [6.07, 6.45) is 1.10. The second kappa shape index (κ2) is 8.70. The van der Waals surface area contributed by atoms with Crippen LogP contribution in [-0.2, 0) is 20.7 Å². The average molecular weight is 250 g/mol. The third kappa shape index (κ3) is 7.07. The molecular weight excluding hydrogens is 228 g/mol. The maximum absolute atomic E-state index is 11.4. The highest BCUT2D eigenvalue weighted by atomic mass is 16.5. The van der Waals surface area contributed by atoms with Crippen LogP contribution in [0.2, 0.25) is 0 Å². The molecule has 0 aliphatic heterocycles. The second-order valence-corrected chi connectivity index (χ2v) is 4.67. The van der Waals surface area contributed by atoms with E-state index in [1.807, 2.05) is 30.3 Å². The molecule has 0 amide bonds. The number of esters is 1. The first-order valence-corrected chi connectivity index (χ1v) is 6.46. The van der Waals surface area contributed by atoms with E-state index in [9.17, 15) is 4.79 Å². The standard InChI is InChI=1S/C15H22O3/c1-13(2)12-17-10-9-15(16)18-11-8-14-6-4-3-5-7-14/h3-7,13H,8-12H2,1-2H3. The Labute approximate surface area is 109 Å². The van der Waals surface area contributed by atoms with Crippen LogP contribution in [0.25, 0.3) is 0 Å². The normalized spacial score (nSPS) is 10.6. The molecular formula is C15H22O3. The van der Waals surface area contributed by atoms with Crippen LogP contribution in [0.1, 0.15) is 25.8 Å². The van der Waals surface area contributed by atoms with E-state index < -0.39 is 0 Å². The van der Waals surface area contributed by atoms with Gasteiger partial charge in [0.05, 0.1) is 19.6 Å². The van der Waals surface area contributed by atoms with Gasteiger partial charge in [0.15, 0.2) is 0 Å². The molecule has 1 aromatic carbocycles. The number of ether oxygens (including phenoxy) is 2. The molecule has 0 fully saturated rings. The van der Waals surface area contributed by atoms with Crippen LogP contribution in [0.3, 0.4) is 0 Å². The van der Waals surface area contributed by atoms with Crippen molar-refractivity contribution < 1.29 is 14.3 Å². The van der Waals surface area contributed by atoms with Crippen LogP contribution in [0.15, 0.2) is 30.3 Å². The third-order valence-corrected chi connectivity index (χ3v) is 2.40. The van der Waals surface area contributed by atoms with Gasteiger partial charge in [-0.1, -0.05) is 44.2 Å². The van der Waals surface area contributed by atoms with Crippen LogP contribution in [0.4, 0.5) is 0 Å². The van der Waals surface area contributed by atoms with Crippen molar-refractivity contribution in [3.05, 3.63) is 35.9 Å². The van der Waals surface area contributed by atoms with Crippen molar-refractivity contribution in [3.8, 4) is 0 Å². The summed E-state index contributed by atoms with van der Waals surface area (Å²) in [5.41, 5.74) is 1.18. The minimum absolute atomic E-state index is 0.185. The largest absolute Gasteiger partial charge is 0.465 e. The summed E-state index contributed by atoms with van der Waals surface area (Å²) in [7, 11) is 0. The molecule has 1 aromatic rings. The molecule has 0 heterocycles. The molecule has 100 valence electrons. The fraction of sp³-hybridized carbons (Fsp3) is 0.533. The van der Waals surface area contributed by atoms with Gasteiger partial charge in [0.1, 0.15) is 0 Å². The molecule has 0 saturated carbocycles. The fourth-order valence-corrected chi connectivity index (χ4v) is 1.47. The lowest BCUT2D eigenvalue weighted by atomic mass is 10.2. The fourth-order valence-electron chi connectivity index (χ4n) is 1.47. The van der Waals surface area contributed by atoms with Gasteiger partial charge < -0.3 is 9.47 Å². The molecule has 0 N–H and O–H groups in total. The lowest BCUT2D eigenvalue weighted by Crippen LogP contribution is -2.12. The second-order valence-electron chi connectivity index (χ2n) is 4.67. The molecule has 3 nitrogen and oxygen atoms in total. The van der Waals surface area contributed by atoms with Gasteiger partial charge in [-0.05, 0) is 11.5 Å². The Morgan fingerprint density at radius 2 is 1.89 bits per heavy atom. The van der Waals surface area contributed by atoms with Crippen LogP contribution < -0.4 is 0 Å². The highest BCUT2D eigenvalue weighted by Gasteiger charge is 2.03. The minimum Gasteiger partial charge on any atom is -0.465 e. The van der Waals surface area contributed by atoms with Crippen LogP contribution in [0.5, 0.6) is 0 Å². The highest BCUT2D eigenvalue weighted by molar-refractivity contribution is 5.69. The topological polar surface area (TPSA) is 35.5 Å². The molecule has 3 heteroatoms. The molecule has 0 aliphatic rings. The predicted octanol–water partition coefficient (Wildman–Crippen LogP) is 2.84. The molecule has 0 aliphatic carbocycles. The molecule has 0 atom stereocenters.